The highest BCUT2D eigenvalue weighted by atomic mass is 32.2. The minimum atomic E-state index is -0.229. The number of carbonyl (C=O) groups excluding carboxylic acids is 1. The molecule has 7 heteroatoms. The van der Waals surface area contributed by atoms with Crippen molar-refractivity contribution in [1.29, 1.82) is 0 Å². The Bertz CT molecular complexity index is 622. The van der Waals surface area contributed by atoms with Crippen LogP contribution >= 0.6 is 23.1 Å². The van der Waals surface area contributed by atoms with E-state index in [4.69, 9.17) is 0 Å². The molecule has 2 rings (SSSR count). The molecule has 2 aromatic rings. The van der Waals surface area contributed by atoms with Gasteiger partial charge in [-0.05, 0) is 39.8 Å². The van der Waals surface area contributed by atoms with Crippen molar-refractivity contribution in [2.75, 3.05) is 5.32 Å². The average molecular weight is 336 g/mol. The van der Waals surface area contributed by atoms with E-state index in [1.165, 1.54) is 23.1 Å². The van der Waals surface area contributed by atoms with Crippen molar-refractivity contribution in [1.82, 2.24) is 15.5 Å². The number of nitrogens with zero attached hydrogens (tertiary/aromatic N) is 2. The van der Waals surface area contributed by atoms with Gasteiger partial charge in [0.25, 0.3) is 0 Å². The van der Waals surface area contributed by atoms with Gasteiger partial charge < -0.3 is 10.6 Å². The maximum Gasteiger partial charge on any atom is 0.233 e. The Balaban J connectivity index is 1.93. The molecule has 1 amide bonds. The summed E-state index contributed by atoms with van der Waals surface area (Å²) in [5.41, 5.74) is 0.737. The monoisotopic (exact) mass is 336 g/mol. The number of para-hydroxylation sites is 1. The van der Waals surface area contributed by atoms with Gasteiger partial charge in [-0.25, -0.2) is 0 Å². The molecule has 0 aliphatic heterocycles. The summed E-state index contributed by atoms with van der Waals surface area (Å²) >= 11 is 2.86. The number of rotatable bonds is 5. The van der Waals surface area contributed by atoms with Gasteiger partial charge in [0, 0.05) is 11.2 Å². The quantitative estimate of drug-likeness (QED) is 0.815. The standard InChI is InChI=1S/C15H20N4OS2/c1-10(12(20)17-15(2,3)4)21-14-19-18-13(22-14)16-11-8-6-5-7-9-11/h5-10H,1-4H3,(H,16,18)(H,17,20)/t10-/m1/s1. The minimum absolute atomic E-state index is 0.00488. The van der Waals surface area contributed by atoms with Crippen molar-refractivity contribution in [3.8, 4) is 0 Å². The van der Waals surface area contributed by atoms with Crippen molar-refractivity contribution >= 4 is 39.8 Å². The highest BCUT2D eigenvalue weighted by Crippen LogP contribution is 2.30. The second kappa shape index (κ2) is 7.11. The molecule has 0 radical (unpaired) electrons. The van der Waals surface area contributed by atoms with Crippen LogP contribution in [0.5, 0.6) is 0 Å². The van der Waals surface area contributed by atoms with E-state index in [1.54, 1.807) is 0 Å². The van der Waals surface area contributed by atoms with Gasteiger partial charge in [-0.3, -0.25) is 4.79 Å². The Hall–Kier alpha value is -1.60. The zero-order valence-corrected chi connectivity index (χ0v) is 14.7. The lowest BCUT2D eigenvalue weighted by Crippen LogP contribution is -2.44. The molecule has 1 aromatic heterocycles. The molecular weight excluding hydrogens is 316 g/mol. The molecule has 0 spiro atoms. The van der Waals surface area contributed by atoms with Gasteiger partial charge in [0.15, 0.2) is 4.34 Å². The zero-order valence-electron chi connectivity index (χ0n) is 13.1. The molecule has 0 bridgehead atoms. The van der Waals surface area contributed by atoms with Crippen LogP contribution in [0.4, 0.5) is 10.8 Å². The molecule has 0 aliphatic carbocycles. The fourth-order valence-corrected chi connectivity index (χ4v) is 3.55. The number of hydrogen-bond donors (Lipinski definition) is 2. The van der Waals surface area contributed by atoms with Gasteiger partial charge in [0.2, 0.25) is 11.0 Å². The molecule has 2 N–H and O–H groups in total. The van der Waals surface area contributed by atoms with Crippen LogP contribution in [-0.4, -0.2) is 26.9 Å². The van der Waals surface area contributed by atoms with E-state index >= 15 is 0 Å². The molecule has 5 nitrogen and oxygen atoms in total. The molecule has 118 valence electrons. The van der Waals surface area contributed by atoms with Gasteiger partial charge in [0.05, 0.1) is 5.25 Å². The molecule has 1 heterocycles. The average Bonchev–Trinajstić information content (AvgIpc) is 2.85. The Morgan fingerprint density at radius 2 is 1.91 bits per heavy atom. The molecular formula is C15H20N4OS2. The molecule has 1 aromatic carbocycles. The molecule has 22 heavy (non-hydrogen) atoms. The summed E-state index contributed by atoms with van der Waals surface area (Å²) in [6, 6.07) is 9.80. The summed E-state index contributed by atoms with van der Waals surface area (Å²) in [7, 11) is 0. The zero-order chi connectivity index (χ0) is 16.2. The number of benzene rings is 1. The third-order valence-electron chi connectivity index (χ3n) is 2.58. The maximum absolute atomic E-state index is 12.1. The van der Waals surface area contributed by atoms with Crippen LogP contribution in [0.3, 0.4) is 0 Å². The van der Waals surface area contributed by atoms with Crippen LogP contribution in [0.1, 0.15) is 27.7 Å². The number of hydrogen-bond acceptors (Lipinski definition) is 6. The molecule has 0 unspecified atom stereocenters. The lowest BCUT2D eigenvalue weighted by molar-refractivity contribution is -0.121. The SMILES string of the molecule is C[C@@H](Sc1nnc(Nc2ccccc2)s1)C(=O)NC(C)(C)C. The highest BCUT2D eigenvalue weighted by Gasteiger charge is 2.21. The van der Waals surface area contributed by atoms with E-state index in [9.17, 15) is 4.79 Å². The van der Waals surface area contributed by atoms with Crippen molar-refractivity contribution in [2.45, 2.75) is 42.8 Å². The van der Waals surface area contributed by atoms with E-state index in [0.717, 1.165) is 15.2 Å². The second-order valence-electron chi connectivity index (χ2n) is 5.86. The Morgan fingerprint density at radius 3 is 2.55 bits per heavy atom. The predicted octanol–water partition coefficient (Wildman–Crippen LogP) is 3.68. The normalized spacial score (nSPS) is 12.7. The Labute approximate surface area is 138 Å². The van der Waals surface area contributed by atoms with E-state index in [-0.39, 0.29) is 16.7 Å². The van der Waals surface area contributed by atoms with Crippen molar-refractivity contribution in [3.63, 3.8) is 0 Å². The molecule has 0 saturated carbocycles. The molecule has 0 aliphatic rings. The van der Waals surface area contributed by atoms with Gasteiger partial charge in [0.1, 0.15) is 0 Å². The number of thioether (sulfide) groups is 1. The molecule has 1 atom stereocenters. The van der Waals surface area contributed by atoms with Crippen LogP contribution in [-0.2, 0) is 4.79 Å². The Kier molecular flexibility index (Phi) is 5.42. The first-order valence-electron chi connectivity index (χ1n) is 6.98. The van der Waals surface area contributed by atoms with E-state index < -0.39 is 0 Å². The third-order valence-corrected chi connectivity index (χ3v) is 4.60. The number of nitrogens with one attached hydrogen (secondary N) is 2. The summed E-state index contributed by atoms with van der Waals surface area (Å²) in [6.45, 7) is 7.77. The number of aromatic nitrogens is 2. The smallest absolute Gasteiger partial charge is 0.233 e. The lowest BCUT2D eigenvalue weighted by Gasteiger charge is -2.22. The minimum Gasteiger partial charge on any atom is -0.351 e. The fraction of sp³-hybridized carbons (Fsp3) is 0.400. The van der Waals surface area contributed by atoms with E-state index in [0.29, 0.717) is 0 Å². The van der Waals surface area contributed by atoms with Crippen LogP contribution < -0.4 is 10.6 Å². The summed E-state index contributed by atoms with van der Waals surface area (Å²) in [6.07, 6.45) is 0. The second-order valence-corrected chi connectivity index (χ2v) is 8.43. The van der Waals surface area contributed by atoms with Gasteiger partial charge >= 0.3 is 0 Å². The topological polar surface area (TPSA) is 66.9 Å². The third kappa shape index (κ3) is 5.31. The first-order chi connectivity index (χ1) is 10.3. The van der Waals surface area contributed by atoms with E-state index in [2.05, 4.69) is 20.8 Å². The maximum atomic E-state index is 12.1. The number of carbonyl (C=O) groups is 1. The first kappa shape index (κ1) is 16.8. The summed E-state index contributed by atoms with van der Waals surface area (Å²) < 4.78 is 0.773. The highest BCUT2D eigenvalue weighted by molar-refractivity contribution is 8.02. The van der Waals surface area contributed by atoms with Crippen LogP contribution in [0.15, 0.2) is 34.7 Å². The van der Waals surface area contributed by atoms with Gasteiger partial charge in [-0.2, -0.15) is 0 Å². The fourth-order valence-electron chi connectivity index (χ4n) is 1.63. The van der Waals surface area contributed by atoms with Crippen molar-refractivity contribution in [3.05, 3.63) is 30.3 Å². The van der Waals surface area contributed by atoms with Gasteiger partial charge in [-0.1, -0.05) is 41.3 Å². The van der Waals surface area contributed by atoms with Crippen molar-refractivity contribution in [2.24, 2.45) is 0 Å². The lowest BCUT2D eigenvalue weighted by atomic mass is 10.1. The number of amides is 1. The van der Waals surface area contributed by atoms with Gasteiger partial charge in [-0.15, -0.1) is 10.2 Å². The van der Waals surface area contributed by atoms with E-state index in [1.807, 2.05) is 58.0 Å². The summed E-state index contributed by atoms with van der Waals surface area (Å²) in [5, 5.41) is 14.9. The first-order valence-corrected chi connectivity index (χ1v) is 8.67. The summed E-state index contributed by atoms with van der Waals surface area (Å²) in [5.74, 6) is 0.00488. The number of anilines is 2. The molecule has 0 fully saturated rings. The Morgan fingerprint density at radius 1 is 1.23 bits per heavy atom. The molecule has 0 saturated heterocycles. The predicted molar refractivity (Wildman–Crippen MR) is 92.8 cm³/mol. The summed E-state index contributed by atoms with van der Waals surface area (Å²) in [4.78, 5) is 12.1. The van der Waals surface area contributed by atoms with Crippen LogP contribution in [0.2, 0.25) is 0 Å². The van der Waals surface area contributed by atoms with Crippen LogP contribution in [0, 0.1) is 0 Å². The van der Waals surface area contributed by atoms with Crippen molar-refractivity contribution < 1.29 is 4.79 Å². The largest absolute Gasteiger partial charge is 0.351 e. The van der Waals surface area contributed by atoms with Crippen LogP contribution in [0.25, 0.3) is 0 Å².